The molecule has 3 heterocycles. The molecule has 0 fully saturated rings. The highest BCUT2D eigenvalue weighted by molar-refractivity contribution is 7.89. The van der Waals surface area contributed by atoms with E-state index >= 15 is 0 Å². The lowest BCUT2D eigenvalue weighted by atomic mass is 10.2. The Balaban J connectivity index is 1.89. The third-order valence-corrected chi connectivity index (χ3v) is 5.77. The number of fused-ring (bicyclic) bond motifs is 1. The van der Waals surface area contributed by atoms with Crippen LogP contribution >= 0.6 is 0 Å². The average Bonchev–Trinajstić information content (AvgIpc) is 3.10. The standard InChI is InChI=1S/C12H18N6O2S/c1-3-21(19,20)18-5-4-17-11(6-14-12(17)10(18)2)7-16-9-13-8-15-16/h6,8-10H,3-5,7H2,1-2H3/t10-/m1/s1. The largest absolute Gasteiger partial charge is 0.328 e. The predicted octanol–water partition coefficient (Wildman–Crippen LogP) is 0.249. The van der Waals surface area contributed by atoms with E-state index in [1.807, 2.05) is 6.92 Å². The summed E-state index contributed by atoms with van der Waals surface area (Å²) in [6.45, 7) is 5.22. The van der Waals surface area contributed by atoms with E-state index in [1.165, 1.54) is 10.6 Å². The third-order valence-electron chi connectivity index (χ3n) is 3.83. The van der Waals surface area contributed by atoms with Gasteiger partial charge >= 0.3 is 0 Å². The van der Waals surface area contributed by atoms with E-state index in [-0.39, 0.29) is 11.8 Å². The molecule has 21 heavy (non-hydrogen) atoms. The van der Waals surface area contributed by atoms with E-state index in [1.54, 1.807) is 24.1 Å². The molecule has 0 aliphatic carbocycles. The second-order valence-corrected chi connectivity index (χ2v) is 7.25. The summed E-state index contributed by atoms with van der Waals surface area (Å²) in [5.41, 5.74) is 1.01. The van der Waals surface area contributed by atoms with Gasteiger partial charge in [0, 0.05) is 13.1 Å². The summed E-state index contributed by atoms with van der Waals surface area (Å²) < 4.78 is 29.5. The Morgan fingerprint density at radius 1 is 1.38 bits per heavy atom. The number of imidazole rings is 1. The Labute approximate surface area is 123 Å². The fourth-order valence-electron chi connectivity index (χ4n) is 2.69. The zero-order valence-corrected chi connectivity index (χ0v) is 12.9. The molecule has 0 unspecified atom stereocenters. The molecule has 0 saturated carbocycles. The zero-order chi connectivity index (χ0) is 15.0. The molecular weight excluding hydrogens is 292 g/mol. The van der Waals surface area contributed by atoms with Crippen LogP contribution in [0, 0.1) is 0 Å². The Morgan fingerprint density at radius 2 is 2.19 bits per heavy atom. The highest BCUT2D eigenvalue weighted by atomic mass is 32.2. The Hall–Kier alpha value is -1.74. The van der Waals surface area contributed by atoms with Gasteiger partial charge in [0.15, 0.2) is 0 Å². The van der Waals surface area contributed by atoms with Crippen molar-refractivity contribution in [1.82, 2.24) is 28.6 Å². The van der Waals surface area contributed by atoms with Gasteiger partial charge < -0.3 is 4.57 Å². The van der Waals surface area contributed by atoms with Crippen LogP contribution in [0.5, 0.6) is 0 Å². The van der Waals surface area contributed by atoms with Gasteiger partial charge in [0.25, 0.3) is 0 Å². The normalized spacial score (nSPS) is 19.6. The van der Waals surface area contributed by atoms with E-state index < -0.39 is 10.0 Å². The van der Waals surface area contributed by atoms with Gasteiger partial charge in [-0.15, -0.1) is 0 Å². The maximum atomic E-state index is 12.1. The number of nitrogens with zero attached hydrogens (tertiary/aromatic N) is 6. The number of aromatic nitrogens is 5. The highest BCUT2D eigenvalue weighted by Gasteiger charge is 2.33. The maximum absolute atomic E-state index is 12.1. The van der Waals surface area contributed by atoms with Crippen molar-refractivity contribution >= 4 is 10.0 Å². The molecule has 0 saturated heterocycles. The van der Waals surface area contributed by atoms with E-state index in [4.69, 9.17) is 0 Å². The van der Waals surface area contributed by atoms with E-state index in [0.717, 1.165) is 11.5 Å². The fourth-order valence-corrected chi connectivity index (χ4v) is 3.96. The Bertz CT molecular complexity index is 721. The van der Waals surface area contributed by atoms with Crippen molar-refractivity contribution in [2.75, 3.05) is 12.3 Å². The SMILES string of the molecule is CCS(=O)(=O)N1CCn2c(Cn3cncn3)cnc2[C@H]1C. The lowest BCUT2D eigenvalue weighted by Gasteiger charge is -2.33. The molecular formula is C12H18N6O2S. The Kier molecular flexibility index (Phi) is 3.54. The second-order valence-electron chi connectivity index (χ2n) is 5.04. The number of rotatable bonds is 4. The summed E-state index contributed by atoms with van der Waals surface area (Å²) in [7, 11) is -3.20. The number of hydrogen-bond acceptors (Lipinski definition) is 5. The minimum Gasteiger partial charge on any atom is -0.328 e. The minimum atomic E-state index is -3.20. The molecule has 0 radical (unpaired) electrons. The first-order valence-electron chi connectivity index (χ1n) is 6.89. The number of sulfonamides is 1. The molecule has 1 atom stereocenters. The van der Waals surface area contributed by atoms with E-state index in [0.29, 0.717) is 19.6 Å². The first-order chi connectivity index (χ1) is 10.0. The molecule has 9 heteroatoms. The van der Waals surface area contributed by atoms with Crippen molar-refractivity contribution in [3.8, 4) is 0 Å². The summed E-state index contributed by atoms with van der Waals surface area (Å²) in [4.78, 5) is 8.33. The van der Waals surface area contributed by atoms with Gasteiger partial charge in [-0.3, -0.25) is 0 Å². The molecule has 0 amide bonds. The van der Waals surface area contributed by atoms with E-state index in [2.05, 4.69) is 19.6 Å². The molecule has 1 aliphatic heterocycles. The summed E-state index contributed by atoms with van der Waals surface area (Å²) in [6, 6.07) is -0.242. The summed E-state index contributed by atoms with van der Waals surface area (Å²) in [5, 5.41) is 4.08. The summed E-state index contributed by atoms with van der Waals surface area (Å²) in [6.07, 6.45) is 4.93. The first-order valence-corrected chi connectivity index (χ1v) is 8.50. The molecule has 0 bridgehead atoms. The van der Waals surface area contributed by atoms with Gasteiger partial charge in [-0.1, -0.05) is 0 Å². The van der Waals surface area contributed by atoms with Crippen molar-refractivity contribution in [3.05, 3.63) is 30.4 Å². The molecule has 0 aromatic carbocycles. The summed E-state index contributed by atoms with van der Waals surface area (Å²) >= 11 is 0. The second kappa shape index (κ2) is 5.23. The molecule has 0 N–H and O–H groups in total. The van der Waals surface area contributed by atoms with Crippen LogP contribution in [0.15, 0.2) is 18.9 Å². The number of hydrogen-bond donors (Lipinski definition) is 0. The van der Waals surface area contributed by atoms with Crippen LogP contribution in [0.1, 0.15) is 31.4 Å². The van der Waals surface area contributed by atoms with Gasteiger partial charge in [0.2, 0.25) is 10.0 Å². The van der Waals surface area contributed by atoms with Crippen LogP contribution in [0.25, 0.3) is 0 Å². The minimum absolute atomic E-state index is 0.115. The molecule has 2 aromatic rings. The van der Waals surface area contributed by atoms with Crippen LogP contribution in [0.3, 0.4) is 0 Å². The maximum Gasteiger partial charge on any atom is 0.214 e. The van der Waals surface area contributed by atoms with Crippen molar-refractivity contribution in [2.24, 2.45) is 0 Å². The lowest BCUT2D eigenvalue weighted by Crippen LogP contribution is -2.42. The van der Waals surface area contributed by atoms with Gasteiger partial charge in [0.1, 0.15) is 18.5 Å². The van der Waals surface area contributed by atoms with Gasteiger partial charge in [0.05, 0.1) is 30.2 Å². The third kappa shape index (κ3) is 2.46. The molecule has 1 aliphatic rings. The monoisotopic (exact) mass is 310 g/mol. The summed E-state index contributed by atoms with van der Waals surface area (Å²) in [5.74, 6) is 0.900. The Morgan fingerprint density at radius 3 is 2.86 bits per heavy atom. The molecule has 3 rings (SSSR count). The van der Waals surface area contributed by atoms with Crippen LogP contribution in [-0.4, -0.2) is 49.3 Å². The van der Waals surface area contributed by atoms with Crippen molar-refractivity contribution in [3.63, 3.8) is 0 Å². The predicted molar refractivity (Wildman–Crippen MR) is 75.9 cm³/mol. The van der Waals surface area contributed by atoms with Crippen molar-refractivity contribution in [1.29, 1.82) is 0 Å². The van der Waals surface area contributed by atoms with Gasteiger partial charge in [-0.2, -0.15) is 9.40 Å². The molecule has 8 nitrogen and oxygen atoms in total. The van der Waals surface area contributed by atoms with Crippen molar-refractivity contribution in [2.45, 2.75) is 33.0 Å². The lowest BCUT2D eigenvalue weighted by molar-refractivity contribution is 0.273. The van der Waals surface area contributed by atoms with Crippen LogP contribution in [0.2, 0.25) is 0 Å². The van der Waals surface area contributed by atoms with E-state index in [9.17, 15) is 8.42 Å². The highest BCUT2D eigenvalue weighted by Crippen LogP contribution is 2.28. The van der Waals surface area contributed by atoms with Crippen molar-refractivity contribution < 1.29 is 8.42 Å². The molecule has 2 aromatic heterocycles. The topological polar surface area (TPSA) is 85.9 Å². The fraction of sp³-hybridized carbons (Fsp3) is 0.583. The quantitative estimate of drug-likeness (QED) is 0.808. The average molecular weight is 310 g/mol. The molecule has 0 spiro atoms. The van der Waals surface area contributed by atoms with Crippen LogP contribution in [0.4, 0.5) is 0 Å². The van der Waals surface area contributed by atoms with Crippen LogP contribution < -0.4 is 0 Å². The smallest absolute Gasteiger partial charge is 0.214 e. The molecule has 114 valence electrons. The van der Waals surface area contributed by atoms with Gasteiger partial charge in [-0.05, 0) is 13.8 Å². The first kappa shape index (κ1) is 14.2. The van der Waals surface area contributed by atoms with Crippen LogP contribution in [-0.2, 0) is 23.1 Å². The zero-order valence-electron chi connectivity index (χ0n) is 12.0. The van der Waals surface area contributed by atoms with Gasteiger partial charge in [-0.25, -0.2) is 23.1 Å².